The Hall–Kier alpha value is -1.72. The van der Waals surface area contributed by atoms with Crippen LogP contribution >= 0.6 is 11.3 Å². The minimum absolute atomic E-state index is 0.0890. The Morgan fingerprint density at radius 1 is 1.25 bits per heavy atom. The van der Waals surface area contributed by atoms with Crippen LogP contribution in [0.1, 0.15) is 25.9 Å². The monoisotopic (exact) mass is 289 g/mol. The highest BCUT2D eigenvalue weighted by molar-refractivity contribution is 7.13. The number of hydrogen-bond donors (Lipinski definition) is 1. The highest BCUT2D eigenvalue weighted by atomic mass is 32.1. The van der Waals surface area contributed by atoms with Crippen LogP contribution < -0.4 is 5.32 Å². The van der Waals surface area contributed by atoms with E-state index in [0.717, 1.165) is 22.9 Å². The van der Waals surface area contributed by atoms with Gasteiger partial charge in [0, 0.05) is 12.2 Å². The summed E-state index contributed by atoms with van der Waals surface area (Å²) in [6.45, 7) is 4.65. The number of benzene rings is 1. The number of carbonyl (C=O) groups excluding carboxylic acids is 1. The van der Waals surface area contributed by atoms with Gasteiger partial charge in [0.25, 0.3) is 5.91 Å². The molecule has 0 spiro atoms. The number of thiazole rings is 1. The molecule has 1 heterocycles. The van der Waals surface area contributed by atoms with Gasteiger partial charge in [0.05, 0.1) is 5.69 Å². The summed E-state index contributed by atoms with van der Waals surface area (Å²) in [5, 5.41) is 3.87. The molecule has 1 amide bonds. The van der Waals surface area contributed by atoms with Gasteiger partial charge in [0.2, 0.25) is 0 Å². The van der Waals surface area contributed by atoms with Crippen molar-refractivity contribution in [2.24, 2.45) is 0 Å². The van der Waals surface area contributed by atoms with Crippen LogP contribution in [0.25, 0.3) is 0 Å². The lowest BCUT2D eigenvalue weighted by atomic mass is 10.2. The van der Waals surface area contributed by atoms with Crippen molar-refractivity contribution in [1.29, 1.82) is 0 Å². The molecule has 0 atom stereocenters. The molecule has 0 fully saturated rings. The van der Waals surface area contributed by atoms with Crippen molar-refractivity contribution in [3.8, 4) is 0 Å². The van der Waals surface area contributed by atoms with E-state index in [-0.39, 0.29) is 5.91 Å². The first kappa shape index (κ1) is 14.7. The third kappa shape index (κ3) is 3.65. The first-order chi connectivity index (χ1) is 9.45. The van der Waals surface area contributed by atoms with Crippen molar-refractivity contribution < 1.29 is 4.79 Å². The van der Waals surface area contributed by atoms with E-state index < -0.39 is 0 Å². The molecular weight excluding hydrogens is 270 g/mol. The SMILES string of the molecule is Cc1ccc(NC(=O)c2sc(CN(C)C)nc2C)cc1. The molecule has 5 heteroatoms. The Morgan fingerprint density at radius 2 is 1.90 bits per heavy atom. The van der Waals surface area contributed by atoms with E-state index in [0.29, 0.717) is 4.88 Å². The van der Waals surface area contributed by atoms with Crippen LogP contribution in [0.4, 0.5) is 5.69 Å². The topological polar surface area (TPSA) is 45.2 Å². The lowest BCUT2D eigenvalue weighted by Crippen LogP contribution is -2.11. The number of anilines is 1. The molecule has 4 nitrogen and oxygen atoms in total. The molecule has 0 radical (unpaired) electrons. The second kappa shape index (κ2) is 6.15. The van der Waals surface area contributed by atoms with Crippen molar-refractivity contribution in [3.05, 3.63) is 45.4 Å². The van der Waals surface area contributed by atoms with Gasteiger partial charge >= 0.3 is 0 Å². The fourth-order valence-electron chi connectivity index (χ4n) is 1.83. The molecular formula is C15H19N3OS. The zero-order valence-electron chi connectivity index (χ0n) is 12.2. The number of aromatic nitrogens is 1. The van der Waals surface area contributed by atoms with Gasteiger partial charge in [-0.3, -0.25) is 4.79 Å². The maximum Gasteiger partial charge on any atom is 0.267 e. The molecule has 1 aromatic carbocycles. The molecule has 0 saturated carbocycles. The van der Waals surface area contributed by atoms with Gasteiger partial charge in [0.1, 0.15) is 9.88 Å². The summed E-state index contributed by atoms with van der Waals surface area (Å²) >= 11 is 1.45. The summed E-state index contributed by atoms with van der Waals surface area (Å²) in [6.07, 6.45) is 0. The van der Waals surface area contributed by atoms with E-state index in [1.165, 1.54) is 16.9 Å². The summed E-state index contributed by atoms with van der Waals surface area (Å²) < 4.78 is 0. The average molecular weight is 289 g/mol. The van der Waals surface area contributed by atoms with Crippen molar-refractivity contribution in [1.82, 2.24) is 9.88 Å². The standard InChI is InChI=1S/C15H19N3OS/c1-10-5-7-12(8-6-10)17-15(19)14-11(2)16-13(20-14)9-18(3)4/h5-8H,9H2,1-4H3,(H,17,19). The van der Waals surface area contributed by atoms with Crippen LogP contribution in [0.2, 0.25) is 0 Å². The van der Waals surface area contributed by atoms with E-state index >= 15 is 0 Å². The Morgan fingerprint density at radius 3 is 2.50 bits per heavy atom. The van der Waals surface area contributed by atoms with Crippen LogP contribution in [0.3, 0.4) is 0 Å². The predicted molar refractivity (Wildman–Crippen MR) is 83.4 cm³/mol. The highest BCUT2D eigenvalue weighted by Crippen LogP contribution is 2.20. The van der Waals surface area contributed by atoms with Crippen molar-refractivity contribution in [2.45, 2.75) is 20.4 Å². The van der Waals surface area contributed by atoms with Crippen LogP contribution in [-0.2, 0) is 6.54 Å². The maximum atomic E-state index is 12.3. The molecule has 2 aromatic rings. The lowest BCUT2D eigenvalue weighted by Gasteiger charge is -2.05. The fourth-order valence-corrected chi connectivity index (χ4v) is 2.90. The molecule has 20 heavy (non-hydrogen) atoms. The maximum absolute atomic E-state index is 12.3. The van der Waals surface area contributed by atoms with E-state index in [2.05, 4.69) is 10.3 Å². The van der Waals surface area contributed by atoms with Crippen LogP contribution in [0, 0.1) is 13.8 Å². The number of carbonyl (C=O) groups is 1. The Kier molecular flexibility index (Phi) is 4.52. The van der Waals surface area contributed by atoms with Gasteiger partial charge in [-0.2, -0.15) is 0 Å². The Balaban J connectivity index is 2.12. The third-order valence-corrected chi connectivity index (χ3v) is 3.95. The van der Waals surface area contributed by atoms with E-state index in [1.807, 2.05) is 57.1 Å². The van der Waals surface area contributed by atoms with Crippen molar-refractivity contribution >= 4 is 22.9 Å². The fraction of sp³-hybridized carbons (Fsp3) is 0.333. The number of nitrogens with one attached hydrogen (secondary N) is 1. The lowest BCUT2D eigenvalue weighted by molar-refractivity contribution is 0.103. The van der Waals surface area contributed by atoms with Gasteiger partial charge in [-0.05, 0) is 40.1 Å². The van der Waals surface area contributed by atoms with Gasteiger partial charge in [0.15, 0.2) is 0 Å². The minimum atomic E-state index is -0.0890. The largest absolute Gasteiger partial charge is 0.321 e. The molecule has 1 N–H and O–H groups in total. The molecule has 0 saturated heterocycles. The molecule has 0 bridgehead atoms. The molecule has 0 aliphatic heterocycles. The molecule has 2 rings (SSSR count). The molecule has 106 valence electrons. The minimum Gasteiger partial charge on any atom is -0.321 e. The van der Waals surface area contributed by atoms with Gasteiger partial charge in [-0.15, -0.1) is 11.3 Å². The zero-order valence-corrected chi connectivity index (χ0v) is 13.0. The molecule has 0 aliphatic carbocycles. The van der Waals surface area contributed by atoms with E-state index in [9.17, 15) is 4.79 Å². The first-order valence-corrected chi connectivity index (χ1v) is 7.26. The second-order valence-electron chi connectivity index (χ2n) is 5.08. The summed E-state index contributed by atoms with van der Waals surface area (Å²) in [4.78, 5) is 19.4. The van der Waals surface area contributed by atoms with E-state index in [1.54, 1.807) is 0 Å². The average Bonchev–Trinajstić information content (AvgIpc) is 2.72. The van der Waals surface area contributed by atoms with Gasteiger partial charge in [-0.25, -0.2) is 4.98 Å². The molecule has 1 aromatic heterocycles. The van der Waals surface area contributed by atoms with Gasteiger partial charge in [-0.1, -0.05) is 17.7 Å². The summed E-state index contributed by atoms with van der Waals surface area (Å²) in [7, 11) is 3.98. The smallest absolute Gasteiger partial charge is 0.267 e. The quantitative estimate of drug-likeness (QED) is 0.941. The number of amides is 1. The van der Waals surface area contributed by atoms with Crippen molar-refractivity contribution in [2.75, 3.05) is 19.4 Å². The zero-order chi connectivity index (χ0) is 14.7. The second-order valence-corrected chi connectivity index (χ2v) is 6.16. The Labute approximate surface area is 123 Å². The van der Waals surface area contributed by atoms with Crippen molar-refractivity contribution in [3.63, 3.8) is 0 Å². The molecule has 0 unspecified atom stereocenters. The number of hydrogen-bond acceptors (Lipinski definition) is 4. The molecule has 0 aliphatic rings. The normalized spacial score (nSPS) is 10.8. The van der Waals surface area contributed by atoms with Crippen LogP contribution in [0.15, 0.2) is 24.3 Å². The predicted octanol–water partition coefficient (Wildman–Crippen LogP) is 3.07. The number of nitrogens with zero attached hydrogens (tertiary/aromatic N) is 2. The number of aryl methyl sites for hydroxylation is 2. The summed E-state index contributed by atoms with van der Waals surface area (Å²) in [5.41, 5.74) is 2.77. The van der Waals surface area contributed by atoms with Crippen LogP contribution in [0.5, 0.6) is 0 Å². The van der Waals surface area contributed by atoms with Crippen LogP contribution in [-0.4, -0.2) is 29.9 Å². The highest BCUT2D eigenvalue weighted by Gasteiger charge is 2.15. The van der Waals surface area contributed by atoms with E-state index in [4.69, 9.17) is 0 Å². The summed E-state index contributed by atoms with van der Waals surface area (Å²) in [5.74, 6) is -0.0890. The summed E-state index contributed by atoms with van der Waals surface area (Å²) in [6, 6.07) is 7.77. The third-order valence-electron chi connectivity index (χ3n) is 2.81. The first-order valence-electron chi connectivity index (χ1n) is 6.45. The van der Waals surface area contributed by atoms with Gasteiger partial charge < -0.3 is 10.2 Å². The number of rotatable bonds is 4. The Bertz CT molecular complexity index is 602.